The van der Waals surface area contributed by atoms with Crippen molar-refractivity contribution in [2.24, 2.45) is 0 Å². The summed E-state index contributed by atoms with van der Waals surface area (Å²) in [5, 5.41) is 6.04. The first-order chi connectivity index (χ1) is 11.6. The lowest BCUT2D eigenvalue weighted by Gasteiger charge is -2.16. The van der Waals surface area contributed by atoms with E-state index in [1.54, 1.807) is 6.92 Å². The average Bonchev–Trinajstić information content (AvgIpc) is 2.90. The molecule has 2 aromatic rings. The van der Waals surface area contributed by atoms with Crippen molar-refractivity contribution < 1.29 is 32.0 Å². The maximum absolute atomic E-state index is 12.2. The molecule has 25 heavy (non-hydrogen) atoms. The Labute approximate surface area is 140 Å². The van der Waals surface area contributed by atoms with Gasteiger partial charge in [0.2, 0.25) is 5.91 Å². The number of aromatic nitrogens is 1. The first-order valence-corrected chi connectivity index (χ1v) is 6.98. The van der Waals surface area contributed by atoms with Crippen LogP contribution in [-0.2, 0) is 4.79 Å². The molecule has 0 spiro atoms. The molecule has 1 aromatic carbocycles. The summed E-state index contributed by atoms with van der Waals surface area (Å²) in [4.78, 5) is 25.1. The first-order valence-electron chi connectivity index (χ1n) is 6.98. The highest BCUT2D eigenvalue weighted by molar-refractivity contribution is 5.98. The third-order valence-electron chi connectivity index (χ3n) is 2.96. The van der Waals surface area contributed by atoms with Gasteiger partial charge < -0.3 is 19.5 Å². The first kappa shape index (κ1) is 18.3. The molecule has 0 aliphatic heterocycles. The van der Waals surface area contributed by atoms with Gasteiger partial charge in [0.25, 0.3) is 5.91 Å². The minimum absolute atomic E-state index is 0.113. The number of carbonyl (C=O) groups is 2. The number of nitrogens with one attached hydrogen (secondary N) is 1. The monoisotopic (exact) mass is 357 g/mol. The van der Waals surface area contributed by atoms with Gasteiger partial charge in [-0.25, -0.2) is 0 Å². The second-order valence-corrected chi connectivity index (χ2v) is 5.10. The Morgan fingerprint density at radius 2 is 1.92 bits per heavy atom. The number of hydrogen-bond acceptors (Lipinski definition) is 5. The van der Waals surface area contributed by atoms with E-state index in [0.29, 0.717) is 5.76 Å². The Balaban J connectivity index is 1.93. The normalized spacial score (nSPS) is 11.1. The van der Waals surface area contributed by atoms with E-state index in [0.717, 1.165) is 17.0 Å². The molecular weight excluding hydrogens is 343 g/mol. The number of ether oxygens (including phenoxy) is 1. The molecule has 0 atom stereocenters. The number of hydrogen-bond donors (Lipinski definition) is 1. The number of aryl methyl sites for hydroxylation is 1. The van der Waals surface area contributed by atoms with Crippen LogP contribution in [0.1, 0.15) is 16.1 Å². The highest BCUT2D eigenvalue weighted by Gasteiger charge is 2.31. The largest absolute Gasteiger partial charge is 0.573 e. The fraction of sp³-hybridized carbons (Fsp3) is 0.267. The van der Waals surface area contributed by atoms with Gasteiger partial charge in [0.1, 0.15) is 11.5 Å². The minimum Gasteiger partial charge on any atom is -0.406 e. The van der Waals surface area contributed by atoms with Gasteiger partial charge in [-0.2, -0.15) is 0 Å². The number of carbonyl (C=O) groups excluding carboxylic acids is 2. The van der Waals surface area contributed by atoms with Crippen LogP contribution < -0.4 is 10.1 Å². The van der Waals surface area contributed by atoms with Gasteiger partial charge in [0, 0.05) is 18.7 Å². The van der Waals surface area contributed by atoms with E-state index in [-0.39, 0.29) is 17.9 Å². The number of halogens is 3. The van der Waals surface area contributed by atoms with E-state index >= 15 is 0 Å². The summed E-state index contributed by atoms with van der Waals surface area (Å²) in [5.74, 6) is -0.741. The maximum Gasteiger partial charge on any atom is 0.573 e. The Bertz CT molecular complexity index is 756. The second-order valence-electron chi connectivity index (χ2n) is 5.10. The van der Waals surface area contributed by atoms with Crippen molar-refractivity contribution in [3.05, 3.63) is 41.7 Å². The van der Waals surface area contributed by atoms with Gasteiger partial charge in [-0.1, -0.05) is 5.16 Å². The SMILES string of the molecule is Cc1cc(NC(=O)CN(C)C(=O)c2ccc(OC(F)(F)F)cc2)no1. The number of rotatable bonds is 5. The van der Waals surface area contributed by atoms with Gasteiger partial charge in [-0.05, 0) is 31.2 Å². The molecule has 0 saturated carbocycles. The van der Waals surface area contributed by atoms with Crippen molar-refractivity contribution >= 4 is 17.6 Å². The quantitative estimate of drug-likeness (QED) is 0.889. The summed E-state index contributed by atoms with van der Waals surface area (Å²) in [7, 11) is 1.39. The molecule has 1 N–H and O–H groups in total. The molecule has 1 aromatic heterocycles. The standard InChI is InChI=1S/C15H14F3N3O4/c1-9-7-12(20-25-9)19-13(22)8-21(2)14(23)10-3-5-11(6-4-10)24-15(16,17)18/h3-7H,8H2,1-2H3,(H,19,20,22). The zero-order valence-electron chi connectivity index (χ0n) is 13.3. The van der Waals surface area contributed by atoms with Crippen LogP contribution in [-0.4, -0.2) is 41.8 Å². The Morgan fingerprint density at radius 3 is 2.44 bits per heavy atom. The van der Waals surface area contributed by atoms with E-state index in [1.807, 2.05) is 0 Å². The van der Waals surface area contributed by atoms with Crippen LogP contribution in [0.25, 0.3) is 0 Å². The lowest BCUT2D eigenvalue weighted by atomic mass is 10.2. The molecule has 2 rings (SSSR count). The van der Waals surface area contributed by atoms with Crippen LogP contribution in [0.3, 0.4) is 0 Å². The van der Waals surface area contributed by atoms with Crippen LogP contribution in [0.15, 0.2) is 34.9 Å². The van der Waals surface area contributed by atoms with Crippen molar-refractivity contribution in [3.8, 4) is 5.75 Å². The molecule has 0 bridgehead atoms. The van der Waals surface area contributed by atoms with Gasteiger partial charge in [-0.15, -0.1) is 13.2 Å². The van der Waals surface area contributed by atoms with E-state index in [2.05, 4.69) is 15.2 Å². The Hall–Kier alpha value is -3.04. The van der Waals surface area contributed by atoms with Crippen molar-refractivity contribution in [3.63, 3.8) is 0 Å². The highest BCUT2D eigenvalue weighted by atomic mass is 19.4. The topological polar surface area (TPSA) is 84.7 Å². The summed E-state index contributed by atoms with van der Waals surface area (Å²) >= 11 is 0. The highest BCUT2D eigenvalue weighted by Crippen LogP contribution is 2.23. The van der Waals surface area contributed by atoms with Crippen molar-refractivity contribution in [1.82, 2.24) is 10.1 Å². The van der Waals surface area contributed by atoms with Gasteiger partial charge >= 0.3 is 6.36 Å². The number of anilines is 1. The van der Waals surface area contributed by atoms with Crippen LogP contribution in [0.4, 0.5) is 19.0 Å². The van der Waals surface area contributed by atoms with Crippen molar-refractivity contribution in [2.75, 3.05) is 18.9 Å². The van der Waals surface area contributed by atoms with E-state index < -0.39 is 23.9 Å². The molecule has 1 heterocycles. The summed E-state index contributed by atoms with van der Waals surface area (Å²) in [6, 6.07) is 5.91. The summed E-state index contributed by atoms with van der Waals surface area (Å²) < 4.78 is 44.8. The third kappa shape index (κ3) is 5.52. The number of amides is 2. The zero-order valence-corrected chi connectivity index (χ0v) is 13.3. The van der Waals surface area contributed by atoms with Gasteiger partial charge in [-0.3, -0.25) is 9.59 Å². The smallest absolute Gasteiger partial charge is 0.406 e. The molecular formula is C15H14F3N3O4. The number of nitrogens with zero attached hydrogens (tertiary/aromatic N) is 2. The fourth-order valence-corrected chi connectivity index (χ4v) is 1.91. The molecule has 7 nitrogen and oxygen atoms in total. The molecule has 0 aliphatic rings. The van der Waals surface area contributed by atoms with E-state index in [4.69, 9.17) is 4.52 Å². The summed E-state index contributed by atoms with van der Waals surface area (Å²) in [6.07, 6.45) is -4.81. The molecule has 10 heteroatoms. The van der Waals surface area contributed by atoms with E-state index in [9.17, 15) is 22.8 Å². The summed E-state index contributed by atoms with van der Waals surface area (Å²) in [6.45, 7) is 1.38. The Kier molecular flexibility index (Phi) is 5.30. The maximum atomic E-state index is 12.2. The van der Waals surface area contributed by atoms with Crippen molar-refractivity contribution in [2.45, 2.75) is 13.3 Å². The molecule has 0 aliphatic carbocycles. The molecule has 134 valence electrons. The Morgan fingerprint density at radius 1 is 1.28 bits per heavy atom. The van der Waals surface area contributed by atoms with Crippen LogP contribution in [0.5, 0.6) is 5.75 Å². The van der Waals surface area contributed by atoms with Crippen LogP contribution >= 0.6 is 0 Å². The summed E-state index contributed by atoms with van der Waals surface area (Å²) in [5.41, 5.74) is 0.113. The van der Waals surface area contributed by atoms with E-state index in [1.165, 1.54) is 25.2 Å². The minimum atomic E-state index is -4.81. The van der Waals surface area contributed by atoms with Crippen LogP contribution in [0.2, 0.25) is 0 Å². The lowest BCUT2D eigenvalue weighted by molar-refractivity contribution is -0.274. The van der Waals surface area contributed by atoms with Crippen LogP contribution in [0, 0.1) is 6.92 Å². The zero-order chi connectivity index (χ0) is 18.6. The third-order valence-corrected chi connectivity index (χ3v) is 2.96. The molecule has 0 fully saturated rings. The molecule has 0 saturated heterocycles. The van der Waals surface area contributed by atoms with Gasteiger partial charge in [0.05, 0.1) is 6.54 Å². The molecule has 0 unspecified atom stereocenters. The number of benzene rings is 1. The van der Waals surface area contributed by atoms with Gasteiger partial charge in [0.15, 0.2) is 5.82 Å². The number of likely N-dealkylation sites (N-methyl/N-ethyl adjacent to an activating group) is 1. The van der Waals surface area contributed by atoms with Crippen molar-refractivity contribution in [1.29, 1.82) is 0 Å². The second kappa shape index (κ2) is 7.24. The molecule has 0 radical (unpaired) electrons. The predicted molar refractivity (Wildman–Crippen MR) is 80.0 cm³/mol. The number of alkyl halides is 3. The predicted octanol–water partition coefficient (Wildman–Crippen LogP) is 2.59. The molecule has 2 amide bonds. The average molecular weight is 357 g/mol. The lowest BCUT2D eigenvalue weighted by Crippen LogP contribution is -2.35. The fourth-order valence-electron chi connectivity index (χ4n) is 1.91.